The number of pyridine rings is 1. The summed E-state index contributed by atoms with van der Waals surface area (Å²) in [5.74, 6) is 0.389. The van der Waals surface area contributed by atoms with Gasteiger partial charge in [0.25, 0.3) is 0 Å². The highest BCUT2D eigenvalue weighted by Crippen LogP contribution is 2.30. The van der Waals surface area contributed by atoms with Crippen molar-refractivity contribution >= 4 is 11.7 Å². The highest BCUT2D eigenvalue weighted by atomic mass is 19.4. The fourth-order valence-corrected chi connectivity index (χ4v) is 3.04. The second-order valence-electron chi connectivity index (χ2n) is 5.69. The van der Waals surface area contributed by atoms with E-state index in [4.69, 9.17) is 0 Å². The Morgan fingerprint density at radius 1 is 1.27 bits per heavy atom. The number of alkyl halides is 3. The third-order valence-electron chi connectivity index (χ3n) is 4.14. The zero-order valence-corrected chi connectivity index (χ0v) is 11.8. The van der Waals surface area contributed by atoms with Crippen LogP contribution in [0, 0.1) is 0 Å². The van der Waals surface area contributed by atoms with E-state index in [1.165, 1.54) is 6.07 Å². The van der Waals surface area contributed by atoms with Crippen molar-refractivity contribution in [3.05, 3.63) is 23.9 Å². The number of rotatable bonds is 1. The molecule has 1 aromatic rings. The van der Waals surface area contributed by atoms with Gasteiger partial charge in [0.2, 0.25) is 5.91 Å². The molecule has 3 rings (SSSR count). The Labute approximate surface area is 125 Å². The number of fused-ring (bicyclic) bond motifs is 1. The predicted molar refractivity (Wildman–Crippen MR) is 72.2 cm³/mol. The van der Waals surface area contributed by atoms with Crippen LogP contribution in [0.15, 0.2) is 18.3 Å². The topological polar surface area (TPSA) is 56.7 Å². The van der Waals surface area contributed by atoms with E-state index < -0.39 is 17.8 Å². The van der Waals surface area contributed by atoms with Crippen LogP contribution in [0.25, 0.3) is 0 Å². The molecule has 1 aromatic heterocycles. The number of aromatic nitrogens is 1. The molecule has 1 N–H and O–H groups in total. The van der Waals surface area contributed by atoms with E-state index >= 15 is 0 Å². The van der Waals surface area contributed by atoms with Crippen molar-refractivity contribution in [2.45, 2.75) is 31.2 Å². The third kappa shape index (κ3) is 2.87. The first-order chi connectivity index (χ1) is 10.3. The Balaban J connectivity index is 1.78. The SMILES string of the molecule is O=C1CCN(c2ccc(C(F)(F)F)cn2)C[C@@H]2C[C@@H](O)CN12. The Morgan fingerprint density at radius 3 is 2.68 bits per heavy atom. The molecule has 0 aromatic carbocycles. The minimum Gasteiger partial charge on any atom is -0.391 e. The monoisotopic (exact) mass is 315 g/mol. The Bertz CT molecular complexity index is 561. The average Bonchev–Trinajstić information content (AvgIpc) is 2.76. The van der Waals surface area contributed by atoms with Gasteiger partial charge in [-0.15, -0.1) is 0 Å². The largest absolute Gasteiger partial charge is 0.417 e. The van der Waals surface area contributed by atoms with Crippen molar-refractivity contribution in [3.63, 3.8) is 0 Å². The van der Waals surface area contributed by atoms with Gasteiger partial charge in [0.1, 0.15) is 5.82 Å². The van der Waals surface area contributed by atoms with Gasteiger partial charge in [-0.25, -0.2) is 4.98 Å². The van der Waals surface area contributed by atoms with Crippen molar-refractivity contribution in [1.82, 2.24) is 9.88 Å². The Kier molecular flexibility index (Phi) is 3.72. The molecule has 2 aliphatic heterocycles. The molecular formula is C14H16F3N3O2. The molecule has 22 heavy (non-hydrogen) atoms. The van der Waals surface area contributed by atoms with E-state index in [9.17, 15) is 23.1 Å². The van der Waals surface area contributed by atoms with Gasteiger partial charge < -0.3 is 14.9 Å². The van der Waals surface area contributed by atoms with Crippen LogP contribution in [-0.4, -0.2) is 52.7 Å². The number of carbonyl (C=O) groups is 1. The predicted octanol–water partition coefficient (Wildman–Crippen LogP) is 1.27. The van der Waals surface area contributed by atoms with Gasteiger partial charge in [-0.2, -0.15) is 13.2 Å². The number of hydrogen-bond donors (Lipinski definition) is 1. The van der Waals surface area contributed by atoms with Crippen LogP contribution in [0.4, 0.5) is 19.0 Å². The third-order valence-corrected chi connectivity index (χ3v) is 4.14. The summed E-state index contributed by atoms with van der Waals surface area (Å²) in [5, 5.41) is 9.70. The van der Waals surface area contributed by atoms with Gasteiger partial charge in [-0.05, 0) is 18.6 Å². The quantitative estimate of drug-likeness (QED) is 0.848. The lowest BCUT2D eigenvalue weighted by Gasteiger charge is -2.26. The first kappa shape index (κ1) is 15.1. The van der Waals surface area contributed by atoms with E-state index in [-0.39, 0.29) is 18.4 Å². The molecule has 1 amide bonds. The van der Waals surface area contributed by atoms with E-state index in [1.807, 2.05) is 0 Å². The van der Waals surface area contributed by atoms with Crippen molar-refractivity contribution in [2.24, 2.45) is 0 Å². The van der Waals surface area contributed by atoms with Gasteiger partial charge in [-0.1, -0.05) is 0 Å². The van der Waals surface area contributed by atoms with Gasteiger partial charge in [0.15, 0.2) is 0 Å². The van der Waals surface area contributed by atoms with Crippen LogP contribution >= 0.6 is 0 Å². The van der Waals surface area contributed by atoms with Crippen molar-refractivity contribution in [2.75, 3.05) is 24.5 Å². The molecule has 0 aliphatic carbocycles. The minimum atomic E-state index is -4.41. The summed E-state index contributed by atoms with van der Waals surface area (Å²) in [5.41, 5.74) is -0.792. The minimum absolute atomic E-state index is 0.0315. The molecule has 2 fully saturated rings. The molecule has 0 saturated carbocycles. The van der Waals surface area contributed by atoms with Crippen molar-refractivity contribution in [1.29, 1.82) is 0 Å². The van der Waals surface area contributed by atoms with Crippen molar-refractivity contribution in [3.8, 4) is 0 Å². The number of amides is 1. The summed E-state index contributed by atoms with van der Waals surface area (Å²) in [6.07, 6.45) is -3.38. The standard InChI is InChI=1S/C14H16F3N3O2/c15-14(16,17)9-1-2-12(18-6-9)19-4-3-13(22)20-8-11(21)5-10(20)7-19/h1-2,6,10-11,21H,3-5,7-8H2/t10-,11+/m0/s1. The molecule has 120 valence electrons. The summed E-state index contributed by atoms with van der Waals surface area (Å²) in [4.78, 5) is 19.4. The number of aliphatic hydroxyl groups is 1. The van der Waals surface area contributed by atoms with Crippen molar-refractivity contribution < 1.29 is 23.1 Å². The highest BCUT2D eigenvalue weighted by molar-refractivity contribution is 5.78. The van der Waals surface area contributed by atoms with Crippen LogP contribution in [-0.2, 0) is 11.0 Å². The maximum Gasteiger partial charge on any atom is 0.417 e. The number of anilines is 1. The first-order valence-electron chi connectivity index (χ1n) is 7.10. The lowest BCUT2D eigenvalue weighted by Crippen LogP contribution is -2.38. The molecule has 2 atom stereocenters. The number of hydrogen-bond acceptors (Lipinski definition) is 4. The molecule has 5 nitrogen and oxygen atoms in total. The molecule has 0 radical (unpaired) electrons. The number of aliphatic hydroxyl groups excluding tert-OH is 1. The summed E-state index contributed by atoms with van der Waals surface area (Å²) in [6, 6.07) is 2.21. The van der Waals surface area contributed by atoms with Gasteiger partial charge in [0.05, 0.1) is 17.7 Å². The van der Waals surface area contributed by atoms with Crippen LogP contribution in [0.2, 0.25) is 0 Å². The van der Waals surface area contributed by atoms with E-state index in [1.54, 1.807) is 9.80 Å². The van der Waals surface area contributed by atoms with E-state index in [0.717, 1.165) is 12.3 Å². The van der Waals surface area contributed by atoms with E-state index in [2.05, 4.69) is 4.98 Å². The smallest absolute Gasteiger partial charge is 0.391 e. The lowest BCUT2D eigenvalue weighted by molar-refractivity contribution is -0.137. The maximum absolute atomic E-state index is 12.6. The second-order valence-corrected chi connectivity index (χ2v) is 5.69. The average molecular weight is 315 g/mol. The van der Waals surface area contributed by atoms with Crippen LogP contribution in [0.1, 0.15) is 18.4 Å². The highest BCUT2D eigenvalue weighted by Gasteiger charge is 2.38. The number of carbonyl (C=O) groups excluding carboxylic acids is 1. The zero-order valence-electron chi connectivity index (χ0n) is 11.8. The number of nitrogens with zero attached hydrogens (tertiary/aromatic N) is 3. The first-order valence-corrected chi connectivity index (χ1v) is 7.10. The zero-order chi connectivity index (χ0) is 15.9. The lowest BCUT2D eigenvalue weighted by atomic mass is 10.2. The van der Waals surface area contributed by atoms with Gasteiger partial charge >= 0.3 is 6.18 Å². The summed E-state index contributed by atoms with van der Waals surface area (Å²) in [6.45, 7) is 1.22. The molecule has 8 heteroatoms. The maximum atomic E-state index is 12.6. The molecule has 0 spiro atoms. The summed E-state index contributed by atoms with van der Waals surface area (Å²) < 4.78 is 37.7. The van der Waals surface area contributed by atoms with Gasteiger partial charge in [-0.3, -0.25) is 4.79 Å². The second kappa shape index (κ2) is 5.42. The normalized spacial score (nSPS) is 26.1. The molecular weight excluding hydrogens is 299 g/mol. The molecule has 0 bridgehead atoms. The summed E-state index contributed by atoms with van der Waals surface area (Å²) >= 11 is 0. The molecule has 0 unspecified atom stereocenters. The summed E-state index contributed by atoms with van der Waals surface area (Å²) in [7, 11) is 0. The Hall–Kier alpha value is -1.83. The fraction of sp³-hybridized carbons (Fsp3) is 0.571. The Morgan fingerprint density at radius 2 is 2.05 bits per heavy atom. The molecule has 3 heterocycles. The van der Waals surface area contributed by atoms with Crippen LogP contribution < -0.4 is 4.90 Å². The molecule has 2 saturated heterocycles. The fourth-order valence-electron chi connectivity index (χ4n) is 3.04. The number of halogens is 3. The van der Waals surface area contributed by atoms with Gasteiger partial charge in [0, 0.05) is 32.3 Å². The van der Waals surface area contributed by atoms with E-state index in [0.29, 0.717) is 31.9 Å². The van der Waals surface area contributed by atoms with Crippen LogP contribution in [0.3, 0.4) is 0 Å². The molecule has 2 aliphatic rings. The van der Waals surface area contributed by atoms with Crippen LogP contribution in [0.5, 0.6) is 0 Å².